The standard InChI is InChI=1S/C18H10Cl6N4O/c19-17(20,21)15-26-14(27-16(28-15)18(22,23)24)13-7-5-12(6-8-13)11-3-1-10(2-4-11)9-25-29/h1-9,29H/b25-9+. The van der Waals surface area contributed by atoms with Gasteiger partial charge in [-0.15, -0.1) is 0 Å². The molecule has 1 aromatic heterocycles. The van der Waals surface area contributed by atoms with E-state index in [2.05, 4.69) is 20.1 Å². The van der Waals surface area contributed by atoms with Gasteiger partial charge in [0.15, 0.2) is 17.5 Å². The Labute approximate surface area is 196 Å². The van der Waals surface area contributed by atoms with Gasteiger partial charge in [-0.3, -0.25) is 0 Å². The molecule has 0 aliphatic carbocycles. The number of oxime groups is 1. The summed E-state index contributed by atoms with van der Waals surface area (Å²) in [5, 5.41) is 11.6. The Morgan fingerprint density at radius 1 is 0.655 bits per heavy atom. The lowest BCUT2D eigenvalue weighted by Gasteiger charge is -2.15. The summed E-state index contributed by atoms with van der Waals surface area (Å²) in [6.45, 7) is 0. The number of alkyl halides is 6. The summed E-state index contributed by atoms with van der Waals surface area (Å²) in [6, 6.07) is 14.8. The summed E-state index contributed by atoms with van der Waals surface area (Å²) < 4.78 is -3.83. The molecule has 3 rings (SSSR count). The Morgan fingerprint density at radius 2 is 1.07 bits per heavy atom. The van der Waals surface area contributed by atoms with E-state index in [1.165, 1.54) is 6.21 Å². The maximum absolute atomic E-state index is 8.59. The maximum atomic E-state index is 8.59. The van der Waals surface area contributed by atoms with Crippen molar-refractivity contribution >= 4 is 75.8 Å². The average Bonchev–Trinajstić information content (AvgIpc) is 2.67. The van der Waals surface area contributed by atoms with Gasteiger partial charge in [0.05, 0.1) is 6.21 Å². The van der Waals surface area contributed by atoms with E-state index in [-0.39, 0.29) is 17.5 Å². The first-order valence-electron chi connectivity index (χ1n) is 7.87. The minimum absolute atomic E-state index is 0.154. The first-order chi connectivity index (χ1) is 13.6. The number of nitrogens with zero attached hydrogens (tertiary/aromatic N) is 4. The van der Waals surface area contributed by atoms with Crippen molar-refractivity contribution < 1.29 is 5.21 Å². The normalized spacial score (nSPS) is 12.5. The minimum Gasteiger partial charge on any atom is -0.411 e. The van der Waals surface area contributed by atoms with Crippen LogP contribution in [0, 0.1) is 0 Å². The SMILES string of the molecule is O/N=C/c1ccc(-c2ccc(-c3nc(C(Cl)(Cl)Cl)nc(C(Cl)(Cl)Cl)n3)cc2)cc1. The van der Waals surface area contributed by atoms with Gasteiger partial charge in [-0.1, -0.05) is 123 Å². The Hall–Kier alpha value is -1.34. The highest BCUT2D eigenvalue weighted by atomic mass is 35.6. The second kappa shape index (κ2) is 8.80. The van der Waals surface area contributed by atoms with Crippen molar-refractivity contribution in [2.24, 2.45) is 5.16 Å². The van der Waals surface area contributed by atoms with Crippen LogP contribution >= 0.6 is 69.6 Å². The van der Waals surface area contributed by atoms with Gasteiger partial charge in [0.1, 0.15) is 0 Å². The van der Waals surface area contributed by atoms with Crippen LogP contribution in [0.2, 0.25) is 0 Å². The number of hydrogen-bond donors (Lipinski definition) is 1. The zero-order valence-corrected chi connectivity index (χ0v) is 18.7. The molecule has 1 N–H and O–H groups in total. The zero-order chi connectivity index (χ0) is 21.2. The van der Waals surface area contributed by atoms with Gasteiger partial charge < -0.3 is 5.21 Å². The third kappa shape index (κ3) is 5.63. The molecule has 0 spiro atoms. The molecule has 0 fully saturated rings. The van der Waals surface area contributed by atoms with Crippen molar-refractivity contribution in [3.63, 3.8) is 0 Å². The molecule has 0 unspecified atom stereocenters. The highest BCUT2D eigenvalue weighted by molar-refractivity contribution is 6.67. The van der Waals surface area contributed by atoms with E-state index >= 15 is 0 Å². The van der Waals surface area contributed by atoms with E-state index in [0.717, 1.165) is 16.7 Å². The molecule has 0 amide bonds. The maximum Gasteiger partial charge on any atom is 0.250 e. The van der Waals surface area contributed by atoms with E-state index in [1.54, 1.807) is 12.1 Å². The molecule has 29 heavy (non-hydrogen) atoms. The van der Waals surface area contributed by atoms with Crippen molar-refractivity contribution in [3.05, 3.63) is 65.7 Å². The largest absolute Gasteiger partial charge is 0.411 e. The number of benzene rings is 2. The van der Waals surface area contributed by atoms with E-state index in [0.29, 0.717) is 5.56 Å². The Bertz CT molecular complexity index is 996. The molecule has 0 bridgehead atoms. The number of rotatable bonds is 3. The van der Waals surface area contributed by atoms with Gasteiger partial charge >= 0.3 is 0 Å². The second-order valence-corrected chi connectivity index (χ2v) is 10.3. The average molecular weight is 511 g/mol. The van der Waals surface area contributed by atoms with E-state index in [1.807, 2.05) is 36.4 Å². The van der Waals surface area contributed by atoms with Crippen molar-refractivity contribution in [2.45, 2.75) is 7.59 Å². The molecule has 5 nitrogen and oxygen atoms in total. The fraction of sp³-hybridized carbons (Fsp3) is 0.111. The van der Waals surface area contributed by atoms with Gasteiger partial charge in [0.2, 0.25) is 7.59 Å². The van der Waals surface area contributed by atoms with Crippen molar-refractivity contribution in [3.8, 4) is 22.5 Å². The predicted molar refractivity (Wildman–Crippen MR) is 119 cm³/mol. The van der Waals surface area contributed by atoms with Gasteiger partial charge in [0.25, 0.3) is 0 Å². The second-order valence-electron chi connectivity index (χ2n) is 5.75. The van der Waals surface area contributed by atoms with Gasteiger partial charge in [-0.25, -0.2) is 15.0 Å². The Balaban J connectivity index is 1.99. The van der Waals surface area contributed by atoms with E-state index in [9.17, 15) is 0 Å². The van der Waals surface area contributed by atoms with E-state index in [4.69, 9.17) is 74.8 Å². The molecular weight excluding hydrogens is 501 g/mol. The number of aromatic nitrogens is 3. The van der Waals surface area contributed by atoms with Crippen molar-refractivity contribution in [1.29, 1.82) is 0 Å². The number of hydrogen-bond acceptors (Lipinski definition) is 5. The van der Waals surface area contributed by atoms with Crippen molar-refractivity contribution in [1.82, 2.24) is 15.0 Å². The van der Waals surface area contributed by atoms with Crippen LogP contribution in [0.3, 0.4) is 0 Å². The minimum atomic E-state index is -1.91. The van der Waals surface area contributed by atoms with Crippen LogP contribution in [0.5, 0.6) is 0 Å². The summed E-state index contributed by atoms with van der Waals surface area (Å²) in [6.07, 6.45) is 1.35. The van der Waals surface area contributed by atoms with Crippen LogP contribution in [0.25, 0.3) is 22.5 Å². The summed E-state index contributed by atoms with van der Waals surface area (Å²) in [4.78, 5) is 12.3. The van der Waals surface area contributed by atoms with Crippen LogP contribution in [0.15, 0.2) is 53.7 Å². The summed E-state index contributed by atoms with van der Waals surface area (Å²) in [5.41, 5.74) is 3.30. The third-order valence-corrected chi connectivity index (χ3v) is 4.75. The highest BCUT2D eigenvalue weighted by Crippen LogP contribution is 2.40. The molecule has 0 saturated carbocycles. The molecule has 3 aromatic rings. The fourth-order valence-electron chi connectivity index (χ4n) is 2.40. The monoisotopic (exact) mass is 508 g/mol. The molecule has 0 aliphatic rings. The lowest BCUT2D eigenvalue weighted by molar-refractivity contribution is 0.322. The highest BCUT2D eigenvalue weighted by Gasteiger charge is 2.34. The van der Waals surface area contributed by atoms with Gasteiger partial charge in [-0.2, -0.15) is 0 Å². The fourth-order valence-corrected chi connectivity index (χ4v) is 2.91. The third-order valence-electron chi connectivity index (χ3n) is 3.74. The van der Waals surface area contributed by atoms with E-state index < -0.39 is 7.59 Å². The van der Waals surface area contributed by atoms with Gasteiger partial charge in [0, 0.05) is 5.56 Å². The van der Waals surface area contributed by atoms with Crippen LogP contribution in [0.4, 0.5) is 0 Å². The summed E-state index contributed by atoms with van der Waals surface area (Å²) in [7, 11) is 0. The molecule has 0 radical (unpaired) electrons. The first kappa shape index (κ1) is 22.3. The molecule has 150 valence electrons. The first-order valence-corrected chi connectivity index (χ1v) is 10.1. The van der Waals surface area contributed by atoms with Crippen LogP contribution < -0.4 is 0 Å². The number of halogens is 6. The van der Waals surface area contributed by atoms with Crippen LogP contribution in [0.1, 0.15) is 17.2 Å². The summed E-state index contributed by atoms with van der Waals surface area (Å²) in [5.74, 6) is -0.109. The predicted octanol–water partition coefficient (Wildman–Crippen LogP) is 6.67. The zero-order valence-electron chi connectivity index (χ0n) is 14.2. The van der Waals surface area contributed by atoms with Crippen LogP contribution in [-0.4, -0.2) is 26.4 Å². The summed E-state index contributed by atoms with van der Waals surface area (Å²) >= 11 is 35.4. The Morgan fingerprint density at radius 3 is 1.48 bits per heavy atom. The smallest absolute Gasteiger partial charge is 0.250 e. The lowest BCUT2D eigenvalue weighted by Crippen LogP contribution is -2.16. The molecule has 2 aromatic carbocycles. The quantitative estimate of drug-likeness (QED) is 0.185. The molecule has 1 heterocycles. The van der Waals surface area contributed by atoms with Crippen LogP contribution in [-0.2, 0) is 7.59 Å². The molecular formula is C18H10Cl6N4O. The molecule has 0 saturated heterocycles. The lowest BCUT2D eigenvalue weighted by atomic mass is 10.0. The molecule has 11 heteroatoms. The van der Waals surface area contributed by atoms with Gasteiger partial charge in [-0.05, 0) is 16.7 Å². The Kier molecular flexibility index (Phi) is 6.78. The molecule has 0 aliphatic heterocycles. The topological polar surface area (TPSA) is 71.3 Å². The van der Waals surface area contributed by atoms with Crippen molar-refractivity contribution in [2.75, 3.05) is 0 Å². The molecule has 0 atom stereocenters.